The summed E-state index contributed by atoms with van der Waals surface area (Å²) in [4.78, 5) is 11.2. The molecule has 5 heteroatoms. The number of nitrogens with zero attached hydrogens (tertiary/aromatic N) is 1. The summed E-state index contributed by atoms with van der Waals surface area (Å²) in [7, 11) is 0. The molecule has 3 aromatic carbocycles. The van der Waals surface area contributed by atoms with Crippen LogP contribution in [0, 0.1) is 0 Å². The van der Waals surface area contributed by atoms with Crippen molar-refractivity contribution in [2.45, 2.75) is 39.2 Å². The van der Waals surface area contributed by atoms with Crippen molar-refractivity contribution in [3.8, 4) is 11.1 Å². The highest BCUT2D eigenvalue weighted by molar-refractivity contribution is 6.02. The molecule has 4 rings (SSSR count). The number of hydrogen-bond donors (Lipinski definition) is 3. The maximum atomic E-state index is 11.2. The fourth-order valence-electron chi connectivity index (χ4n) is 3.84. The van der Waals surface area contributed by atoms with Crippen molar-refractivity contribution >= 4 is 22.7 Å². The molecule has 0 fully saturated rings. The number of nitrogens with one attached hydrogen (secondary N) is 2. The van der Waals surface area contributed by atoms with Gasteiger partial charge in [-0.2, -0.15) is 5.10 Å². The molecule has 4 aromatic rings. The van der Waals surface area contributed by atoms with Crippen molar-refractivity contribution in [3.05, 3.63) is 83.4 Å². The van der Waals surface area contributed by atoms with Crippen LogP contribution < -0.4 is 5.32 Å². The summed E-state index contributed by atoms with van der Waals surface area (Å²) in [5, 5.41) is 21.2. The van der Waals surface area contributed by atoms with E-state index in [9.17, 15) is 9.90 Å². The van der Waals surface area contributed by atoms with Crippen LogP contribution in [-0.2, 0) is 23.2 Å². The molecular weight excluding hydrogens is 386 g/mol. The number of rotatable bonds is 6. The van der Waals surface area contributed by atoms with E-state index in [4.69, 9.17) is 0 Å². The Morgan fingerprint density at radius 2 is 1.68 bits per heavy atom. The molecule has 0 aliphatic rings. The second-order valence-electron chi connectivity index (χ2n) is 8.82. The number of hydrogen-bond acceptors (Lipinski definition) is 3. The molecule has 3 N–H and O–H groups in total. The van der Waals surface area contributed by atoms with E-state index >= 15 is 0 Å². The van der Waals surface area contributed by atoms with E-state index in [-0.39, 0.29) is 11.8 Å². The molecule has 0 atom stereocenters. The van der Waals surface area contributed by atoms with E-state index in [2.05, 4.69) is 66.6 Å². The minimum absolute atomic E-state index is 0.00451. The number of H-pyrrole nitrogens is 1. The minimum atomic E-state index is -0.835. The van der Waals surface area contributed by atoms with Crippen LogP contribution in [0.25, 0.3) is 22.0 Å². The smallest absolute Gasteiger partial charge is 0.307 e. The largest absolute Gasteiger partial charge is 0.481 e. The van der Waals surface area contributed by atoms with Crippen molar-refractivity contribution in [1.29, 1.82) is 0 Å². The van der Waals surface area contributed by atoms with Gasteiger partial charge in [0.1, 0.15) is 0 Å². The van der Waals surface area contributed by atoms with Crippen LogP contribution in [0.1, 0.15) is 37.5 Å². The van der Waals surface area contributed by atoms with Crippen molar-refractivity contribution < 1.29 is 9.90 Å². The molecule has 31 heavy (non-hydrogen) atoms. The van der Waals surface area contributed by atoms with Gasteiger partial charge < -0.3 is 10.4 Å². The lowest BCUT2D eigenvalue weighted by Crippen LogP contribution is -2.10. The van der Waals surface area contributed by atoms with Crippen LogP contribution in [0.15, 0.2) is 66.7 Å². The van der Waals surface area contributed by atoms with Crippen molar-refractivity contribution in [3.63, 3.8) is 0 Å². The van der Waals surface area contributed by atoms with Crippen molar-refractivity contribution in [1.82, 2.24) is 10.2 Å². The number of carboxylic acids is 1. The van der Waals surface area contributed by atoms with E-state index in [1.807, 2.05) is 36.4 Å². The SMILES string of the molecule is CC(C)(C)c1ccc(-c2cccc3[nH]nc(NCc4ccccc4CC(=O)O)c23)cc1. The molecule has 158 valence electrons. The third kappa shape index (κ3) is 4.45. The third-order valence-electron chi connectivity index (χ3n) is 5.56. The normalized spacial score (nSPS) is 11.6. The van der Waals surface area contributed by atoms with Gasteiger partial charge in [0.2, 0.25) is 0 Å². The zero-order valence-electron chi connectivity index (χ0n) is 18.1. The van der Waals surface area contributed by atoms with E-state index in [1.54, 1.807) is 0 Å². The maximum Gasteiger partial charge on any atom is 0.307 e. The highest BCUT2D eigenvalue weighted by Gasteiger charge is 2.16. The Bertz CT molecular complexity index is 1220. The van der Waals surface area contributed by atoms with Crippen LogP contribution in [0.3, 0.4) is 0 Å². The highest BCUT2D eigenvalue weighted by Crippen LogP contribution is 2.34. The number of anilines is 1. The Kier molecular flexibility index (Phi) is 5.51. The van der Waals surface area contributed by atoms with Crippen LogP contribution in [-0.4, -0.2) is 21.3 Å². The molecule has 1 aromatic heterocycles. The molecule has 0 aliphatic carbocycles. The second kappa shape index (κ2) is 8.26. The Labute approximate surface area is 182 Å². The van der Waals surface area contributed by atoms with Gasteiger partial charge in [-0.05, 0) is 39.3 Å². The Hall–Kier alpha value is -3.60. The fourth-order valence-corrected chi connectivity index (χ4v) is 3.84. The lowest BCUT2D eigenvalue weighted by atomic mass is 9.86. The molecule has 1 heterocycles. The first kappa shape index (κ1) is 20.7. The molecule has 0 unspecified atom stereocenters. The lowest BCUT2D eigenvalue weighted by Gasteiger charge is -2.19. The first-order valence-electron chi connectivity index (χ1n) is 10.4. The molecule has 5 nitrogen and oxygen atoms in total. The van der Waals surface area contributed by atoms with Gasteiger partial charge in [-0.3, -0.25) is 9.89 Å². The minimum Gasteiger partial charge on any atom is -0.481 e. The van der Waals surface area contributed by atoms with Gasteiger partial charge in [0, 0.05) is 6.54 Å². The molecule has 0 bridgehead atoms. The van der Waals surface area contributed by atoms with Crippen LogP contribution in [0.2, 0.25) is 0 Å². The third-order valence-corrected chi connectivity index (χ3v) is 5.56. The Balaban J connectivity index is 1.66. The van der Waals surface area contributed by atoms with Crippen LogP contribution >= 0.6 is 0 Å². The summed E-state index contributed by atoms with van der Waals surface area (Å²) < 4.78 is 0. The molecule has 0 radical (unpaired) electrons. The first-order valence-corrected chi connectivity index (χ1v) is 10.4. The molecule has 0 spiro atoms. The number of carbonyl (C=O) groups is 1. The number of aromatic nitrogens is 2. The predicted molar refractivity (Wildman–Crippen MR) is 125 cm³/mol. The summed E-state index contributed by atoms with van der Waals surface area (Å²) >= 11 is 0. The summed E-state index contributed by atoms with van der Waals surface area (Å²) in [6, 6.07) is 22.4. The van der Waals surface area contributed by atoms with E-state index in [0.29, 0.717) is 6.54 Å². The molecule has 0 saturated heterocycles. The molecular formula is C26H27N3O2. The van der Waals surface area contributed by atoms with E-state index in [0.717, 1.165) is 39.0 Å². The number of benzene rings is 3. The van der Waals surface area contributed by atoms with Gasteiger partial charge in [-0.1, -0.05) is 81.4 Å². The summed E-state index contributed by atoms with van der Waals surface area (Å²) in [5.74, 6) is -0.0747. The van der Waals surface area contributed by atoms with Gasteiger partial charge in [0.15, 0.2) is 5.82 Å². The Morgan fingerprint density at radius 1 is 0.968 bits per heavy atom. The summed E-state index contributed by atoms with van der Waals surface area (Å²) in [6.07, 6.45) is 0.00451. The second-order valence-corrected chi connectivity index (χ2v) is 8.82. The van der Waals surface area contributed by atoms with E-state index in [1.165, 1.54) is 5.56 Å². The zero-order valence-corrected chi connectivity index (χ0v) is 18.1. The quantitative estimate of drug-likeness (QED) is 0.375. The number of carboxylic acid groups (broad SMARTS) is 1. The average molecular weight is 414 g/mol. The van der Waals surface area contributed by atoms with Crippen molar-refractivity contribution in [2.75, 3.05) is 5.32 Å². The number of aliphatic carboxylic acids is 1. The van der Waals surface area contributed by atoms with Gasteiger partial charge in [-0.25, -0.2) is 0 Å². The summed E-state index contributed by atoms with van der Waals surface area (Å²) in [6.45, 7) is 7.13. The molecule has 0 amide bonds. The predicted octanol–water partition coefficient (Wildman–Crippen LogP) is 5.77. The molecule has 0 saturated carbocycles. The Morgan fingerprint density at radius 3 is 2.35 bits per heavy atom. The average Bonchev–Trinajstić information content (AvgIpc) is 3.15. The fraction of sp³-hybridized carbons (Fsp3) is 0.231. The van der Waals surface area contributed by atoms with Crippen LogP contribution in [0.4, 0.5) is 5.82 Å². The number of fused-ring (bicyclic) bond motifs is 1. The van der Waals surface area contributed by atoms with E-state index < -0.39 is 5.97 Å². The topological polar surface area (TPSA) is 78.0 Å². The summed E-state index contributed by atoms with van der Waals surface area (Å²) in [5.41, 5.74) is 6.36. The highest BCUT2D eigenvalue weighted by atomic mass is 16.4. The zero-order chi connectivity index (χ0) is 22.0. The number of aromatic amines is 1. The van der Waals surface area contributed by atoms with Gasteiger partial charge in [-0.15, -0.1) is 0 Å². The standard InChI is InChI=1S/C26H27N3O2/c1-26(2,3)20-13-11-17(12-14-20)21-9-6-10-22-24(21)25(29-28-22)27-16-19-8-5-4-7-18(19)15-23(30)31/h4-14H,15-16H2,1-3H3,(H,30,31)(H2,27,28,29). The van der Waals surface area contributed by atoms with Gasteiger partial charge in [0.05, 0.1) is 17.3 Å². The monoisotopic (exact) mass is 413 g/mol. The maximum absolute atomic E-state index is 11.2. The molecule has 0 aliphatic heterocycles. The first-order chi connectivity index (χ1) is 14.8. The van der Waals surface area contributed by atoms with Crippen LogP contribution in [0.5, 0.6) is 0 Å². The lowest BCUT2D eigenvalue weighted by molar-refractivity contribution is -0.136. The van der Waals surface area contributed by atoms with Crippen molar-refractivity contribution in [2.24, 2.45) is 0 Å². The van der Waals surface area contributed by atoms with Gasteiger partial charge >= 0.3 is 5.97 Å². The van der Waals surface area contributed by atoms with Gasteiger partial charge in [0.25, 0.3) is 0 Å².